The number of urea groups is 1. The summed E-state index contributed by atoms with van der Waals surface area (Å²) in [6.07, 6.45) is 2.62. The largest absolute Gasteiger partial charge is 0.494 e. The minimum atomic E-state index is -0.560. The summed E-state index contributed by atoms with van der Waals surface area (Å²) < 4.78 is 11.1. The monoisotopic (exact) mass is 408 g/mol. The first-order valence-corrected chi connectivity index (χ1v) is 10.3. The second-order valence-corrected chi connectivity index (χ2v) is 7.21. The van der Waals surface area contributed by atoms with Crippen molar-refractivity contribution < 1.29 is 19.1 Å². The van der Waals surface area contributed by atoms with Gasteiger partial charge in [-0.3, -0.25) is 0 Å². The molecule has 2 aromatic carbocycles. The first kappa shape index (κ1) is 21.4. The fourth-order valence-electron chi connectivity index (χ4n) is 3.35. The second kappa shape index (κ2) is 10.5. The van der Waals surface area contributed by atoms with Crippen molar-refractivity contribution in [3.63, 3.8) is 0 Å². The summed E-state index contributed by atoms with van der Waals surface area (Å²) in [5, 5.41) is 5.46. The van der Waals surface area contributed by atoms with Crippen molar-refractivity contribution in [2.75, 3.05) is 13.2 Å². The first-order chi connectivity index (χ1) is 14.6. The van der Waals surface area contributed by atoms with Gasteiger partial charge in [0.25, 0.3) is 0 Å². The van der Waals surface area contributed by atoms with Crippen LogP contribution in [0.15, 0.2) is 65.9 Å². The Morgan fingerprint density at radius 3 is 2.47 bits per heavy atom. The summed E-state index contributed by atoms with van der Waals surface area (Å²) in [7, 11) is 0. The van der Waals surface area contributed by atoms with Gasteiger partial charge in [0.1, 0.15) is 5.75 Å². The highest BCUT2D eigenvalue weighted by Crippen LogP contribution is 2.29. The number of esters is 1. The number of amides is 2. The molecule has 2 amide bonds. The van der Waals surface area contributed by atoms with Gasteiger partial charge in [0.2, 0.25) is 0 Å². The quantitative estimate of drug-likeness (QED) is 0.480. The molecule has 158 valence electrons. The van der Waals surface area contributed by atoms with E-state index in [1.807, 2.05) is 49.4 Å². The van der Waals surface area contributed by atoms with Crippen molar-refractivity contribution >= 4 is 12.0 Å². The molecule has 6 nitrogen and oxygen atoms in total. The number of hydrogen-bond donors (Lipinski definition) is 2. The van der Waals surface area contributed by atoms with Gasteiger partial charge < -0.3 is 20.1 Å². The molecule has 0 bridgehead atoms. The molecule has 2 aromatic rings. The number of nitrogens with one attached hydrogen (secondary N) is 2. The molecule has 0 fully saturated rings. The number of aryl methyl sites for hydroxylation is 1. The zero-order chi connectivity index (χ0) is 21.3. The fourth-order valence-corrected chi connectivity index (χ4v) is 3.35. The van der Waals surface area contributed by atoms with Crippen LogP contribution in [0.1, 0.15) is 43.9 Å². The molecule has 1 unspecified atom stereocenters. The predicted molar refractivity (Wildman–Crippen MR) is 115 cm³/mol. The average Bonchev–Trinajstić information content (AvgIpc) is 2.75. The van der Waals surface area contributed by atoms with E-state index in [2.05, 4.69) is 22.8 Å². The Morgan fingerprint density at radius 1 is 1.03 bits per heavy atom. The van der Waals surface area contributed by atoms with Gasteiger partial charge in [0, 0.05) is 5.70 Å². The van der Waals surface area contributed by atoms with Crippen molar-refractivity contribution in [3.8, 4) is 5.75 Å². The molecule has 6 heteroatoms. The standard InChI is InChI=1S/C24H28N2O4/c1-3-15-30-23(27)21-17(2)25-24(28)26-22(21)19-11-13-20(14-12-19)29-16-7-10-18-8-5-4-6-9-18/h4-6,8-9,11-14,22H,3,7,10,15-16H2,1-2H3,(H2,25,26,28). The van der Waals surface area contributed by atoms with E-state index in [0.29, 0.717) is 24.5 Å². The highest BCUT2D eigenvalue weighted by atomic mass is 16.5. The van der Waals surface area contributed by atoms with Crippen LogP contribution >= 0.6 is 0 Å². The molecule has 1 atom stereocenters. The van der Waals surface area contributed by atoms with Gasteiger partial charge in [-0.2, -0.15) is 0 Å². The van der Waals surface area contributed by atoms with Crippen molar-refractivity contribution in [2.24, 2.45) is 0 Å². The van der Waals surface area contributed by atoms with E-state index in [4.69, 9.17) is 9.47 Å². The second-order valence-electron chi connectivity index (χ2n) is 7.21. The normalized spacial score (nSPS) is 15.9. The molecule has 0 saturated heterocycles. The van der Waals surface area contributed by atoms with Crippen LogP contribution in [-0.2, 0) is 16.0 Å². The lowest BCUT2D eigenvalue weighted by molar-refractivity contribution is -0.139. The molecule has 1 heterocycles. The molecule has 0 aliphatic carbocycles. The summed E-state index contributed by atoms with van der Waals surface area (Å²) >= 11 is 0. The maximum Gasteiger partial charge on any atom is 0.338 e. The van der Waals surface area contributed by atoms with Gasteiger partial charge in [-0.05, 0) is 49.4 Å². The number of hydrogen-bond acceptors (Lipinski definition) is 4. The topological polar surface area (TPSA) is 76.7 Å². The summed E-state index contributed by atoms with van der Waals surface area (Å²) in [5.74, 6) is 0.330. The Balaban J connectivity index is 1.62. The van der Waals surface area contributed by atoms with E-state index in [1.165, 1.54) is 5.56 Å². The van der Waals surface area contributed by atoms with Gasteiger partial charge in [0.15, 0.2) is 0 Å². The molecule has 0 spiro atoms. The van der Waals surface area contributed by atoms with Crippen LogP contribution in [0.25, 0.3) is 0 Å². The van der Waals surface area contributed by atoms with Crippen LogP contribution in [0.2, 0.25) is 0 Å². The third-order valence-corrected chi connectivity index (χ3v) is 4.86. The van der Waals surface area contributed by atoms with Crippen LogP contribution in [-0.4, -0.2) is 25.2 Å². The number of benzene rings is 2. The Kier molecular flexibility index (Phi) is 7.49. The van der Waals surface area contributed by atoms with Gasteiger partial charge in [-0.15, -0.1) is 0 Å². The third-order valence-electron chi connectivity index (χ3n) is 4.86. The molecule has 2 N–H and O–H groups in total. The molecule has 3 rings (SSSR count). The van der Waals surface area contributed by atoms with Gasteiger partial charge >= 0.3 is 12.0 Å². The molecule has 0 aromatic heterocycles. The first-order valence-electron chi connectivity index (χ1n) is 10.3. The highest BCUT2D eigenvalue weighted by molar-refractivity contribution is 5.95. The van der Waals surface area contributed by atoms with E-state index in [9.17, 15) is 9.59 Å². The Morgan fingerprint density at radius 2 is 1.77 bits per heavy atom. The van der Waals surface area contributed by atoms with Crippen LogP contribution < -0.4 is 15.4 Å². The number of ether oxygens (including phenoxy) is 2. The number of allylic oxidation sites excluding steroid dienone is 1. The summed E-state index contributed by atoms with van der Waals surface area (Å²) in [6.45, 7) is 4.60. The van der Waals surface area contributed by atoms with E-state index in [-0.39, 0.29) is 6.03 Å². The van der Waals surface area contributed by atoms with Crippen LogP contribution in [0, 0.1) is 0 Å². The van der Waals surface area contributed by atoms with E-state index >= 15 is 0 Å². The lowest BCUT2D eigenvalue weighted by atomic mass is 9.95. The lowest BCUT2D eigenvalue weighted by Gasteiger charge is -2.28. The Hall–Kier alpha value is -3.28. The van der Waals surface area contributed by atoms with Crippen molar-refractivity contribution in [1.82, 2.24) is 10.6 Å². The number of carbonyl (C=O) groups excluding carboxylic acids is 2. The number of carbonyl (C=O) groups is 2. The van der Waals surface area contributed by atoms with Crippen LogP contribution in [0.3, 0.4) is 0 Å². The SMILES string of the molecule is CCCOC(=O)C1=C(C)NC(=O)NC1c1ccc(OCCCc2ccccc2)cc1. The summed E-state index contributed by atoms with van der Waals surface area (Å²) in [4.78, 5) is 24.5. The molecular formula is C24H28N2O4. The van der Waals surface area contributed by atoms with Crippen LogP contribution in [0.4, 0.5) is 4.79 Å². The van der Waals surface area contributed by atoms with Gasteiger partial charge in [-0.1, -0.05) is 49.4 Å². The Bertz CT molecular complexity index is 891. The van der Waals surface area contributed by atoms with Gasteiger partial charge in [-0.25, -0.2) is 9.59 Å². The minimum Gasteiger partial charge on any atom is -0.494 e. The minimum absolute atomic E-state index is 0.339. The third kappa shape index (κ3) is 5.63. The van der Waals surface area contributed by atoms with E-state index in [1.54, 1.807) is 6.92 Å². The van der Waals surface area contributed by atoms with Crippen molar-refractivity contribution in [1.29, 1.82) is 0 Å². The van der Waals surface area contributed by atoms with Crippen molar-refractivity contribution in [3.05, 3.63) is 77.0 Å². The molecular weight excluding hydrogens is 380 g/mol. The smallest absolute Gasteiger partial charge is 0.338 e. The lowest BCUT2D eigenvalue weighted by Crippen LogP contribution is -2.45. The maximum absolute atomic E-state index is 12.5. The van der Waals surface area contributed by atoms with Crippen molar-refractivity contribution in [2.45, 2.75) is 39.2 Å². The molecule has 30 heavy (non-hydrogen) atoms. The Labute approximate surface area is 177 Å². The molecule has 1 aliphatic heterocycles. The molecule has 1 aliphatic rings. The molecule has 0 saturated carbocycles. The summed E-state index contributed by atoms with van der Waals surface area (Å²) in [6, 6.07) is 16.9. The van der Waals surface area contributed by atoms with E-state index < -0.39 is 12.0 Å². The fraction of sp³-hybridized carbons (Fsp3) is 0.333. The van der Waals surface area contributed by atoms with Crippen LogP contribution in [0.5, 0.6) is 5.75 Å². The number of rotatable bonds is 9. The highest BCUT2D eigenvalue weighted by Gasteiger charge is 2.32. The maximum atomic E-state index is 12.5. The predicted octanol–water partition coefficient (Wildman–Crippen LogP) is 4.28. The zero-order valence-corrected chi connectivity index (χ0v) is 17.4. The zero-order valence-electron chi connectivity index (χ0n) is 17.4. The van der Waals surface area contributed by atoms with Gasteiger partial charge in [0.05, 0.1) is 24.8 Å². The van der Waals surface area contributed by atoms with E-state index in [0.717, 1.165) is 30.6 Å². The average molecular weight is 408 g/mol. The molecule has 0 radical (unpaired) electrons. The summed E-state index contributed by atoms with van der Waals surface area (Å²) in [5.41, 5.74) is 3.01.